The van der Waals surface area contributed by atoms with Gasteiger partial charge in [0.25, 0.3) is 0 Å². The highest BCUT2D eigenvalue weighted by atomic mass is 35.5. The molecule has 0 aliphatic carbocycles. The van der Waals surface area contributed by atoms with Crippen LogP contribution < -0.4 is 9.80 Å². The fraction of sp³-hybridized carbons (Fsp3) is 0.333. The molecule has 0 spiro atoms. The van der Waals surface area contributed by atoms with Crippen molar-refractivity contribution in [1.82, 2.24) is 14.8 Å². The van der Waals surface area contributed by atoms with Crippen molar-refractivity contribution < 1.29 is 14.3 Å². The number of hydrogen-bond donors (Lipinski definition) is 1. The molecule has 1 N–H and O–H groups in total. The number of anilines is 2. The van der Waals surface area contributed by atoms with Crippen molar-refractivity contribution in [3.05, 3.63) is 71.9 Å². The number of nitrogens with zero attached hydrogens (tertiary/aromatic N) is 5. The molecule has 0 saturated carbocycles. The predicted molar refractivity (Wildman–Crippen MR) is 157 cm³/mol. The Morgan fingerprint density at radius 3 is 2.28 bits per heavy atom. The first-order valence-corrected chi connectivity index (χ1v) is 13.4. The zero-order chi connectivity index (χ0) is 28.1. The lowest BCUT2D eigenvalue weighted by Gasteiger charge is -2.36. The summed E-state index contributed by atoms with van der Waals surface area (Å²) in [6.07, 6.45) is 5.66. The monoisotopic (exact) mass is 551 g/mol. The number of rotatable bonds is 9. The third-order valence-electron chi connectivity index (χ3n) is 6.63. The molecule has 0 atom stereocenters. The van der Waals surface area contributed by atoms with E-state index in [1.807, 2.05) is 20.2 Å². The number of pyridine rings is 1. The average Bonchev–Trinajstić information content (AvgIpc) is 2.91. The molecule has 3 aromatic rings. The van der Waals surface area contributed by atoms with Gasteiger partial charge in [0.05, 0.1) is 10.7 Å². The van der Waals surface area contributed by atoms with Crippen LogP contribution in [0.3, 0.4) is 0 Å². The smallest absolute Gasteiger partial charge is 0.218 e. The van der Waals surface area contributed by atoms with E-state index in [1.54, 1.807) is 47.8 Å². The van der Waals surface area contributed by atoms with Crippen LogP contribution in [-0.4, -0.2) is 73.1 Å². The van der Waals surface area contributed by atoms with E-state index in [2.05, 4.69) is 28.6 Å². The van der Waals surface area contributed by atoms with Gasteiger partial charge in [-0.2, -0.15) is 0 Å². The summed E-state index contributed by atoms with van der Waals surface area (Å²) < 4.78 is 14.9. The van der Waals surface area contributed by atoms with E-state index in [0.717, 1.165) is 38.5 Å². The lowest BCUT2D eigenvalue weighted by molar-refractivity contribution is -0.106. The summed E-state index contributed by atoms with van der Waals surface area (Å²) in [5.74, 6) is 0.883. The van der Waals surface area contributed by atoms with Crippen molar-refractivity contribution in [2.45, 2.75) is 13.8 Å². The number of aromatic hydroxyl groups is 1. The number of phenolic OH excluding ortho intramolecular Hbond substituents is 1. The van der Waals surface area contributed by atoms with Gasteiger partial charge in [0.15, 0.2) is 0 Å². The van der Waals surface area contributed by atoms with Crippen LogP contribution in [0.25, 0.3) is 22.3 Å². The lowest BCUT2D eigenvalue weighted by atomic mass is 9.97. The highest BCUT2D eigenvalue weighted by molar-refractivity contribution is 6.34. The lowest BCUT2D eigenvalue weighted by Crippen LogP contribution is -2.47. The summed E-state index contributed by atoms with van der Waals surface area (Å²) in [7, 11) is 3.68. The van der Waals surface area contributed by atoms with E-state index in [1.165, 1.54) is 17.0 Å². The van der Waals surface area contributed by atoms with E-state index in [4.69, 9.17) is 11.6 Å². The Hall–Kier alpha value is -3.62. The van der Waals surface area contributed by atoms with E-state index in [9.17, 15) is 14.3 Å². The SMILES string of the molecule is CC(C)CN1CCN(c2cc(-c3cc(F)cc(-c4ccc(N(C=O)/C=C\N(C)C)c(Cl)c4)c3O)ccn2)CC1. The molecular formula is C30H35ClFN5O2. The van der Waals surface area contributed by atoms with Gasteiger partial charge in [0.2, 0.25) is 6.41 Å². The highest BCUT2D eigenvalue weighted by Gasteiger charge is 2.20. The van der Waals surface area contributed by atoms with Crippen LogP contribution >= 0.6 is 11.6 Å². The molecule has 1 amide bonds. The zero-order valence-corrected chi connectivity index (χ0v) is 23.6. The van der Waals surface area contributed by atoms with Crippen molar-refractivity contribution in [3.63, 3.8) is 0 Å². The standard InChI is InChI=1S/C30H35ClFN5O2/c1-21(2)19-35-10-13-36(14-11-35)29-16-23(7-8-33-29)26-18-24(32)17-25(30(26)39)22-5-6-28(27(31)15-22)37(20-38)12-9-34(3)4/h5-9,12,15-18,20-21,39H,10-11,13-14,19H2,1-4H3/b12-9-. The molecule has 1 fully saturated rings. The van der Waals surface area contributed by atoms with Gasteiger partial charge >= 0.3 is 0 Å². The summed E-state index contributed by atoms with van der Waals surface area (Å²) in [5.41, 5.74) is 2.35. The van der Waals surface area contributed by atoms with Crippen molar-refractivity contribution >= 4 is 29.5 Å². The van der Waals surface area contributed by atoms with Crippen LogP contribution in [0, 0.1) is 11.7 Å². The second-order valence-corrected chi connectivity index (χ2v) is 10.8. The first-order chi connectivity index (χ1) is 18.7. The van der Waals surface area contributed by atoms with Crippen molar-refractivity contribution in [3.8, 4) is 28.0 Å². The quantitative estimate of drug-likeness (QED) is 0.345. The molecule has 1 aliphatic heterocycles. The first-order valence-electron chi connectivity index (χ1n) is 13.0. The van der Waals surface area contributed by atoms with Gasteiger partial charge in [0, 0.05) is 76.5 Å². The fourth-order valence-electron chi connectivity index (χ4n) is 4.74. The van der Waals surface area contributed by atoms with Gasteiger partial charge in [-0.1, -0.05) is 31.5 Å². The van der Waals surface area contributed by atoms with Crippen LogP contribution in [0.1, 0.15) is 13.8 Å². The molecule has 7 nitrogen and oxygen atoms in total. The zero-order valence-electron chi connectivity index (χ0n) is 22.8. The maximum absolute atomic E-state index is 14.9. The van der Waals surface area contributed by atoms with E-state index in [-0.39, 0.29) is 10.8 Å². The second kappa shape index (κ2) is 12.5. The number of hydrogen-bond acceptors (Lipinski definition) is 6. The van der Waals surface area contributed by atoms with Gasteiger partial charge in [-0.05, 0) is 53.4 Å². The Morgan fingerprint density at radius 2 is 1.69 bits per heavy atom. The molecule has 206 valence electrons. The minimum absolute atomic E-state index is 0.0566. The molecule has 9 heteroatoms. The summed E-state index contributed by atoms with van der Waals surface area (Å²) >= 11 is 6.52. The molecule has 0 radical (unpaired) electrons. The number of carbonyl (C=O) groups excluding carboxylic acids is 1. The van der Waals surface area contributed by atoms with E-state index >= 15 is 0 Å². The maximum Gasteiger partial charge on any atom is 0.218 e. The minimum Gasteiger partial charge on any atom is -0.507 e. The highest BCUT2D eigenvalue weighted by Crippen LogP contribution is 2.41. The molecule has 1 aromatic heterocycles. The van der Waals surface area contributed by atoms with E-state index < -0.39 is 5.82 Å². The number of phenols is 1. The van der Waals surface area contributed by atoms with Crippen molar-refractivity contribution in [2.24, 2.45) is 5.92 Å². The van der Waals surface area contributed by atoms with Crippen LogP contribution in [0.2, 0.25) is 5.02 Å². The van der Waals surface area contributed by atoms with E-state index in [0.29, 0.717) is 40.3 Å². The molecule has 2 aromatic carbocycles. The topological polar surface area (TPSA) is 63.2 Å². The summed E-state index contributed by atoms with van der Waals surface area (Å²) in [4.78, 5) is 24.0. The summed E-state index contributed by atoms with van der Waals surface area (Å²) in [5, 5.41) is 11.6. The van der Waals surface area contributed by atoms with Crippen LogP contribution in [0.4, 0.5) is 15.9 Å². The Morgan fingerprint density at radius 1 is 1.03 bits per heavy atom. The Labute approximate surface area is 234 Å². The number of carbonyl (C=O) groups is 1. The Bertz CT molecular complexity index is 1340. The van der Waals surface area contributed by atoms with Gasteiger partial charge in [-0.25, -0.2) is 9.37 Å². The number of amides is 1. The molecule has 4 rings (SSSR count). The first kappa shape index (κ1) is 28.4. The minimum atomic E-state index is -0.484. The number of piperazine rings is 1. The Kier molecular flexibility index (Phi) is 9.09. The maximum atomic E-state index is 14.9. The molecule has 1 aliphatic rings. The fourth-order valence-corrected chi connectivity index (χ4v) is 5.01. The average molecular weight is 552 g/mol. The summed E-state index contributed by atoms with van der Waals surface area (Å²) in [6, 6.07) is 11.3. The van der Waals surface area contributed by atoms with Crippen LogP contribution in [0.5, 0.6) is 5.75 Å². The van der Waals surface area contributed by atoms with Gasteiger partial charge in [-0.3, -0.25) is 14.6 Å². The Balaban J connectivity index is 1.62. The molecule has 0 bridgehead atoms. The van der Waals surface area contributed by atoms with Gasteiger partial charge < -0.3 is 14.9 Å². The number of aromatic nitrogens is 1. The van der Waals surface area contributed by atoms with Gasteiger partial charge in [0.1, 0.15) is 17.4 Å². The van der Waals surface area contributed by atoms with Crippen molar-refractivity contribution in [1.29, 1.82) is 0 Å². The molecule has 2 heterocycles. The molecular weight excluding hydrogens is 517 g/mol. The van der Waals surface area contributed by atoms with Crippen molar-refractivity contribution in [2.75, 3.05) is 56.6 Å². The normalized spacial score (nSPS) is 14.3. The van der Waals surface area contributed by atoms with Crippen LogP contribution in [-0.2, 0) is 4.79 Å². The largest absolute Gasteiger partial charge is 0.507 e. The molecule has 39 heavy (non-hydrogen) atoms. The third-order valence-corrected chi connectivity index (χ3v) is 6.93. The third kappa shape index (κ3) is 6.88. The number of halogens is 2. The molecule has 0 unspecified atom stereocenters. The van der Waals surface area contributed by atoms with Crippen LogP contribution in [0.15, 0.2) is 61.1 Å². The second-order valence-electron chi connectivity index (χ2n) is 10.4. The predicted octanol–water partition coefficient (Wildman–Crippen LogP) is 5.69. The van der Waals surface area contributed by atoms with Gasteiger partial charge in [-0.15, -0.1) is 0 Å². The summed E-state index contributed by atoms with van der Waals surface area (Å²) in [6.45, 7) is 9.16. The molecule has 1 saturated heterocycles. The number of benzene rings is 2.